The number of benzene rings is 1. The summed E-state index contributed by atoms with van der Waals surface area (Å²) in [5.41, 5.74) is 1.10. The molecule has 0 heterocycles. The molecule has 0 bridgehead atoms. The summed E-state index contributed by atoms with van der Waals surface area (Å²) in [4.78, 5) is 11.4. The quantitative estimate of drug-likeness (QED) is 0.755. The first kappa shape index (κ1) is 10.2. The van der Waals surface area contributed by atoms with Crippen molar-refractivity contribution in [3.05, 3.63) is 35.9 Å². The Bertz CT molecular complexity index is 347. The Morgan fingerprint density at radius 2 is 2.07 bits per heavy atom. The monoisotopic (exact) mass is 206 g/mol. The average molecular weight is 206 g/mol. The van der Waals surface area contributed by atoms with Gasteiger partial charge >= 0.3 is 5.97 Å². The van der Waals surface area contributed by atoms with Gasteiger partial charge in [-0.3, -0.25) is 4.79 Å². The summed E-state index contributed by atoms with van der Waals surface area (Å²) in [5, 5.41) is 9.14. The van der Waals surface area contributed by atoms with E-state index in [1.165, 1.54) is 7.11 Å². The first-order chi connectivity index (χ1) is 7.29. The number of carbonyl (C=O) groups is 1. The van der Waals surface area contributed by atoms with Gasteiger partial charge in [0.25, 0.3) is 0 Å². The highest BCUT2D eigenvalue weighted by Crippen LogP contribution is 2.54. The Labute approximate surface area is 88.7 Å². The minimum atomic E-state index is -0.220. The molecular formula is C12H14O3. The molecule has 0 aliphatic heterocycles. The first-order valence-corrected chi connectivity index (χ1v) is 5.03. The van der Waals surface area contributed by atoms with E-state index in [2.05, 4.69) is 0 Å². The second-order valence-corrected chi connectivity index (χ2v) is 3.83. The fourth-order valence-corrected chi connectivity index (χ4v) is 2.19. The smallest absolute Gasteiger partial charge is 0.309 e. The zero-order chi connectivity index (χ0) is 10.8. The van der Waals surface area contributed by atoms with Gasteiger partial charge in [-0.1, -0.05) is 30.3 Å². The summed E-state index contributed by atoms with van der Waals surface area (Å²) in [7, 11) is 1.39. The molecule has 0 saturated heterocycles. The summed E-state index contributed by atoms with van der Waals surface area (Å²) >= 11 is 0. The number of aliphatic hydroxyl groups excluding tert-OH is 1. The van der Waals surface area contributed by atoms with Crippen molar-refractivity contribution in [1.82, 2.24) is 0 Å². The molecule has 15 heavy (non-hydrogen) atoms. The highest BCUT2D eigenvalue weighted by molar-refractivity contribution is 5.78. The Morgan fingerprint density at radius 3 is 2.60 bits per heavy atom. The van der Waals surface area contributed by atoms with Crippen molar-refractivity contribution in [2.45, 2.75) is 5.92 Å². The molecule has 3 heteroatoms. The number of aliphatic hydroxyl groups is 1. The predicted octanol–water partition coefficient (Wildman–Crippen LogP) is 1.18. The predicted molar refractivity (Wildman–Crippen MR) is 55.3 cm³/mol. The molecular weight excluding hydrogens is 192 g/mol. The second-order valence-electron chi connectivity index (χ2n) is 3.83. The van der Waals surface area contributed by atoms with Crippen LogP contribution in [-0.4, -0.2) is 24.8 Å². The van der Waals surface area contributed by atoms with Gasteiger partial charge in [-0.2, -0.15) is 0 Å². The molecule has 0 amide bonds. The van der Waals surface area contributed by atoms with E-state index in [0.717, 1.165) is 5.56 Å². The largest absolute Gasteiger partial charge is 0.469 e. The SMILES string of the molecule is COC(=O)[C@@H]1[C@@H](CO)[C@@H]1c1ccccc1. The Hall–Kier alpha value is -1.35. The van der Waals surface area contributed by atoms with E-state index in [-0.39, 0.29) is 30.3 Å². The van der Waals surface area contributed by atoms with Crippen LogP contribution in [0.5, 0.6) is 0 Å². The van der Waals surface area contributed by atoms with Crippen molar-refractivity contribution in [3.8, 4) is 0 Å². The molecule has 1 aliphatic rings. The van der Waals surface area contributed by atoms with Gasteiger partial charge in [0.2, 0.25) is 0 Å². The maximum Gasteiger partial charge on any atom is 0.309 e. The molecule has 0 radical (unpaired) electrons. The van der Waals surface area contributed by atoms with Crippen molar-refractivity contribution < 1.29 is 14.6 Å². The number of hydrogen-bond acceptors (Lipinski definition) is 3. The summed E-state index contributed by atoms with van der Waals surface area (Å²) < 4.78 is 4.71. The van der Waals surface area contributed by atoms with Crippen molar-refractivity contribution >= 4 is 5.97 Å². The van der Waals surface area contributed by atoms with Crippen LogP contribution in [0, 0.1) is 11.8 Å². The van der Waals surface area contributed by atoms with E-state index in [0.29, 0.717) is 0 Å². The standard InChI is InChI=1S/C12H14O3/c1-15-12(14)11-9(7-13)10(11)8-5-3-2-4-6-8/h2-6,9-11,13H,7H2,1H3/t9-,10-,11+/m0/s1. The van der Waals surface area contributed by atoms with Crippen LogP contribution in [0.4, 0.5) is 0 Å². The van der Waals surface area contributed by atoms with Crippen molar-refractivity contribution in [2.75, 3.05) is 13.7 Å². The van der Waals surface area contributed by atoms with Gasteiger partial charge in [0, 0.05) is 18.4 Å². The Balaban J connectivity index is 2.15. The third-order valence-electron chi connectivity index (χ3n) is 3.04. The van der Waals surface area contributed by atoms with E-state index in [9.17, 15) is 4.79 Å². The third kappa shape index (κ3) is 1.75. The summed E-state index contributed by atoms with van der Waals surface area (Å²) in [6.07, 6.45) is 0. The number of hydrogen-bond donors (Lipinski definition) is 1. The molecule has 1 saturated carbocycles. The number of ether oxygens (including phenoxy) is 1. The van der Waals surface area contributed by atoms with E-state index in [4.69, 9.17) is 9.84 Å². The van der Waals surface area contributed by atoms with Crippen LogP contribution >= 0.6 is 0 Å². The van der Waals surface area contributed by atoms with Crippen LogP contribution in [0.3, 0.4) is 0 Å². The maximum absolute atomic E-state index is 11.4. The molecule has 3 atom stereocenters. The maximum atomic E-state index is 11.4. The van der Waals surface area contributed by atoms with Gasteiger partial charge in [0.1, 0.15) is 0 Å². The highest BCUT2D eigenvalue weighted by Gasteiger charge is 2.55. The van der Waals surface area contributed by atoms with Crippen LogP contribution in [-0.2, 0) is 9.53 Å². The van der Waals surface area contributed by atoms with Gasteiger partial charge in [-0.25, -0.2) is 0 Å². The molecule has 80 valence electrons. The topological polar surface area (TPSA) is 46.5 Å². The van der Waals surface area contributed by atoms with Crippen molar-refractivity contribution in [1.29, 1.82) is 0 Å². The lowest BCUT2D eigenvalue weighted by atomic mass is 10.1. The van der Waals surface area contributed by atoms with Crippen LogP contribution in [0.15, 0.2) is 30.3 Å². The minimum Gasteiger partial charge on any atom is -0.469 e. The number of rotatable bonds is 3. The second kappa shape index (κ2) is 4.03. The summed E-state index contributed by atoms with van der Waals surface area (Å²) in [6.45, 7) is 0.0410. The van der Waals surface area contributed by atoms with Crippen LogP contribution in [0.2, 0.25) is 0 Å². The van der Waals surface area contributed by atoms with E-state index in [1.807, 2.05) is 30.3 Å². The molecule has 1 aromatic carbocycles. The van der Waals surface area contributed by atoms with E-state index in [1.54, 1.807) is 0 Å². The lowest BCUT2D eigenvalue weighted by molar-refractivity contribution is -0.142. The van der Waals surface area contributed by atoms with E-state index >= 15 is 0 Å². The molecule has 3 nitrogen and oxygen atoms in total. The minimum absolute atomic E-state index is 0.0276. The lowest BCUT2D eigenvalue weighted by Crippen LogP contribution is -2.06. The first-order valence-electron chi connectivity index (χ1n) is 5.03. The van der Waals surface area contributed by atoms with Crippen LogP contribution in [0.1, 0.15) is 11.5 Å². The lowest BCUT2D eigenvalue weighted by Gasteiger charge is -1.98. The molecule has 1 aliphatic carbocycles. The fourth-order valence-electron chi connectivity index (χ4n) is 2.19. The van der Waals surface area contributed by atoms with Crippen LogP contribution in [0.25, 0.3) is 0 Å². The van der Waals surface area contributed by atoms with Gasteiger partial charge in [0.15, 0.2) is 0 Å². The average Bonchev–Trinajstić information content (AvgIpc) is 3.03. The van der Waals surface area contributed by atoms with Gasteiger partial charge in [0.05, 0.1) is 13.0 Å². The molecule has 0 spiro atoms. The molecule has 0 aromatic heterocycles. The molecule has 1 fully saturated rings. The molecule has 0 unspecified atom stereocenters. The number of methoxy groups -OCH3 is 1. The molecule has 1 N–H and O–H groups in total. The van der Waals surface area contributed by atoms with E-state index < -0.39 is 0 Å². The van der Waals surface area contributed by atoms with Gasteiger partial charge < -0.3 is 9.84 Å². The zero-order valence-corrected chi connectivity index (χ0v) is 8.59. The third-order valence-corrected chi connectivity index (χ3v) is 3.04. The normalized spacial score (nSPS) is 28.5. The summed E-state index contributed by atoms with van der Waals surface area (Å²) in [6, 6.07) is 9.78. The summed E-state index contributed by atoms with van der Waals surface area (Å²) in [5.74, 6) is -0.228. The molecule has 1 aromatic rings. The number of carbonyl (C=O) groups excluding carboxylic acids is 1. The number of esters is 1. The van der Waals surface area contributed by atoms with Crippen molar-refractivity contribution in [3.63, 3.8) is 0 Å². The molecule has 2 rings (SSSR count). The van der Waals surface area contributed by atoms with Crippen molar-refractivity contribution in [2.24, 2.45) is 11.8 Å². The zero-order valence-electron chi connectivity index (χ0n) is 8.59. The van der Waals surface area contributed by atoms with Gasteiger partial charge in [-0.15, -0.1) is 0 Å². The Morgan fingerprint density at radius 1 is 1.40 bits per heavy atom. The fraction of sp³-hybridized carbons (Fsp3) is 0.417. The Kier molecular flexibility index (Phi) is 2.73. The highest BCUT2D eigenvalue weighted by atomic mass is 16.5. The van der Waals surface area contributed by atoms with Gasteiger partial charge in [-0.05, 0) is 5.56 Å². The van der Waals surface area contributed by atoms with Crippen LogP contribution < -0.4 is 0 Å².